The zero-order valence-electron chi connectivity index (χ0n) is 14.4. The third-order valence-electron chi connectivity index (χ3n) is 3.59. The van der Waals surface area contributed by atoms with Gasteiger partial charge in [-0.2, -0.15) is 0 Å². The first kappa shape index (κ1) is 19.6. The van der Waals surface area contributed by atoms with E-state index < -0.39 is 10.0 Å². The summed E-state index contributed by atoms with van der Waals surface area (Å²) < 4.78 is 24.9. The van der Waals surface area contributed by atoms with Crippen molar-refractivity contribution in [3.63, 3.8) is 0 Å². The van der Waals surface area contributed by atoms with Crippen molar-refractivity contribution in [2.75, 3.05) is 40.0 Å². The second-order valence-corrected chi connectivity index (χ2v) is 7.90. The molecule has 1 aromatic rings. The van der Waals surface area contributed by atoms with E-state index in [0.717, 1.165) is 11.1 Å². The number of hydrogen-bond donors (Lipinski definition) is 1. The molecule has 1 amide bonds. The van der Waals surface area contributed by atoms with Crippen LogP contribution in [0.4, 0.5) is 0 Å². The summed E-state index contributed by atoms with van der Waals surface area (Å²) >= 11 is 0. The van der Waals surface area contributed by atoms with Gasteiger partial charge in [0.15, 0.2) is 0 Å². The SMILES string of the molecule is Cc1ccccc1CNC(=O)CCN(CCN(C)C)S(C)(=O)=O. The Kier molecular flexibility index (Phi) is 7.67. The molecule has 1 rings (SSSR count). The van der Waals surface area contributed by atoms with E-state index in [0.29, 0.717) is 19.6 Å². The summed E-state index contributed by atoms with van der Waals surface area (Å²) in [6.45, 7) is 3.66. The number of aryl methyl sites for hydroxylation is 1. The van der Waals surface area contributed by atoms with Gasteiger partial charge in [-0.3, -0.25) is 4.79 Å². The van der Waals surface area contributed by atoms with E-state index in [4.69, 9.17) is 0 Å². The molecule has 0 saturated carbocycles. The highest BCUT2D eigenvalue weighted by Gasteiger charge is 2.17. The lowest BCUT2D eigenvalue weighted by Crippen LogP contribution is -2.38. The number of carbonyl (C=O) groups excluding carboxylic acids is 1. The molecule has 0 aromatic heterocycles. The van der Waals surface area contributed by atoms with Crippen LogP contribution in [-0.4, -0.2) is 63.5 Å². The number of nitrogens with zero attached hydrogens (tertiary/aromatic N) is 2. The Bertz CT molecular complexity index is 615. The Morgan fingerprint density at radius 1 is 1.13 bits per heavy atom. The first-order valence-corrected chi connectivity index (χ1v) is 9.46. The highest BCUT2D eigenvalue weighted by Crippen LogP contribution is 2.06. The summed E-state index contributed by atoms with van der Waals surface area (Å²) in [5, 5.41) is 2.84. The number of benzene rings is 1. The van der Waals surface area contributed by atoms with E-state index in [2.05, 4.69) is 5.32 Å². The third-order valence-corrected chi connectivity index (χ3v) is 4.89. The van der Waals surface area contributed by atoms with Gasteiger partial charge in [0.25, 0.3) is 0 Å². The maximum absolute atomic E-state index is 12.0. The van der Waals surface area contributed by atoms with E-state index in [9.17, 15) is 13.2 Å². The Balaban J connectivity index is 2.47. The zero-order chi connectivity index (χ0) is 17.5. The van der Waals surface area contributed by atoms with Crippen LogP contribution in [0.15, 0.2) is 24.3 Å². The van der Waals surface area contributed by atoms with Gasteiger partial charge in [-0.05, 0) is 32.1 Å². The maximum Gasteiger partial charge on any atom is 0.221 e. The standard InChI is InChI=1S/C16H27N3O3S/c1-14-7-5-6-8-15(14)13-17-16(20)9-10-19(23(4,21)22)12-11-18(2)3/h5-8H,9-13H2,1-4H3,(H,17,20). The van der Waals surface area contributed by atoms with Gasteiger partial charge >= 0.3 is 0 Å². The van der Waals surface area contributed by atoms with Crippen molar-refractivity contribution in [3.05, 3.63) is 35.4 Å². The van der Waals surface area contributed by atoms with Crippen molar-refractivity contribution in [1.29, 1.82) is 0 Å². The molecule has 1 aromatic carbocycles. The summed E-state index contributed by atoms with van der Waals surface area (Å²) in [5.74, 6) is -0.147. The van der Waals surface area contributed by atoms with Gasteiger partial charge in [-0.25, -0.2) is 12.7 Å². The third kappa shape index (κ3) is 7.58. The van der Waals surface area contributed by atoms with Gasteiger partial charge in [-0.15, -0.1) is 0 Å². The van der Waals surface area contributed by atoms with E-state index in [-0.39, 0.29) is 18.9 Å². The number of hydrogen-bond acceptors (Lipinski definition) is 4. The second kappa shape index (κ2) is 9.00. The smallest absolute Gasteiger partial charge is 0.221 e. The molecule has 7 heteroatoms. The van der Waals surface area contributed by atoms with Crippen molar-refractivity contribution < 1.29 is 13.2 Å². The fraction of sp³-hybridized carbons (Fsp3) is 0.562. The largest absolute Gasteiger partial charge is 0.352 e. The molecule has 0 unspecified atom stereocenters. The second-order valence-electron chi connectivity index (χ2n) is 5.92. The molecule has 1 N–H and O–H groups in total. The molecule has 0 spiro atoms. The lowest BCUT2D eigenvalue weighted by atomic mass is 10.1. The van der Waals surface area contributed by atoms with E-state index >= 15 is 0 Å². The number of sulfonamides is 1. The normalized spacial score (nSPS) is 11.9. The van der Waals surface area contributed by atoms with Crippen LogP contribution in [0.3, 0.4) is 0 Å². The average Bonchev–Trinajstić information content (AvgIpc) is 2.44. The van der Waals surface area contributed by atoms with Crippen LogP contribution in [0, 0.1) is 6.92 Å². The van der Waals surface area contributed by atoms with Crippen LogP contribution in [0.2, 0.25) is 0 Å². The number of carbonyl (C=O) groups is 1. The summed E-state index contributed by atoms with van der Waals surface area (Å²) in [5.41, 5.74) is 2.19. The first-order chi connectivity index (χ1) is 10.7. The monoisotopic (exact) mass is 341 g/mol. The molecule has 0 aliphatic carbocycles. The molecule has 130 valence electrons. The lowest BCUT2D eigenvalue weighted by Gasteiger charge is -2.21. The molecule has 0 radical (unpaired) electrons. The highest BCUT2D eigenvalue weighted by atomic mass is 32.2. The average molecular weight is 341 g/mol. The van der Waals surface area contributed by atoms with Crippen LogP contribution in [0.25, 0.3) is 0 Å². The Morgan fingerprint density at radius 3 is 2.35 bits per heavy atom. The molecule has 23 heavy (non-hydrogen) atoms. The fourth-order valence-electron chi connectivity index (χ4n) is 2.07. The van der Waals surface area contributed by atoms with Crippen molar-refractivity contribution in [1.82, 2.24) is 14.5 Å². The fourth-order valence-corrected chi connectivity index (χ4v) is 2.91. The molecule has 0 saturated heterocycles. The summed E-state index contributed by atoms with van der Waals surface area (Å²) in [6, 6.07) is 7.85. The number of likely N-dealkylation sites (N-methyl/N-ethyl adjacent to an activating group) is 1. The lowest BCUT2D eigenvalue weighted by molar-refractivity contribution is -0.121. The van der Waals surface area contributed by atoms with Crippen molar-refractivity contribution >= 4 is 15.9 Å². The minimum absolute atomic E-state index is 0.147. The molecule has 0 aliphatic heterocycles. The van der Waals surface area contributed by atoms with Gasteiger partial charge in [0, 0.05) is 32.6 Å². The molecule has 0 heterocycles. The molecular weight excluding hydrogens is 314 g/mol. The molecular formula is C16H27N3O3S. The van der Waals surface area contributed by atoms with Gasteiger partial charge in [0.2, 0.25) is 15.9 Å². The van der Waals surface area contributed by atoms with Crippen LogP contribution in [0.1, 0.15) is 17.5 Å². The topological polar surface area (TPSA) is 69.7 Å². The molecule has 0 bridgehead atoms. The Hall–Kier alpha value is -1.44. The van der Waals surface area contributed by atoms with Gasteiger partial charge in [-0.1, -0.05) is 24.3 Å². The molecule has 6 nitrogen and oxygen atoms in total. The number of amides is 1. The summed E-state index contributed by atoms with van der Waals surface area (Å²) in [7, 11) is 0.465. The van der Waals surface area contributed by atoms with E-state index in [1.807, 2.05) is 50.2 Å². The van der Waals surface area contributed by atoms with E-state index in [1.165, 1.54) is 10.6 Å². The molecule has 0 fully saturated rings. The van der Waals surface area contributed by atoms with Crippen molar-refractivity contribution in [2.45, 2.75) is 19.9 Å². The first-order valence-electron chi connectivity index (χ1n) is 7.61. The predicted octanol–water partition coefficient (Wildman–Crippen LogP) is 0.825. The van der Waals surface area contributed by atoms with Gasteiger partial charge in [0.1, 0.15) is 0 Å². The van der Waals surface area contributed by atoms with Crippen LogP contribution < -0.4 is 5.32 Å². The Labute approximate surface area is 139 Å². The number of nitrogens with one attached hydrogen (secondary N) is 1. The van der Waals surface area contributed by atoms with Crippen LogP contribution >= 0.6 is 0 Å². The number of rotatable bonds is 9. The maximum atomic E-state index is 12.0. The van der Waals surface area contributed by atoms with Gasteiger partial charge in [0.05, 0.1) is 6.26 Å². The minimum atomic E-state index is -3.30. The molecule has 0 atom stereocenters. The predicted molar refractivity (Wildman–Crippen MR) is 92.6 cm³/mol. The Morgan fingerprint density at radius 2 is 1.78 bits per heavy atom. The van der Waals surface area contributed by atoms with Crippen molar-refractivity contribution in [2.24, 2.45) is 0 Å². The molecule has 0 aliphatic rings. The summed E-state index contributed by atoms with van der Waals surface area (Å²) in [4.78, 5) is 13.9. The summed E-state index contributed by atoms with van der Waals surface area (Å²) in [6.07, 6.45) is 1.33. The van der Waals surface area contributed by atoms with Crippen molar-refractivity contribution in [3.8, 4) is 0 Å². The van der Waals surface area contributed by atoms with Crippen LogP contribution in [-0.2, 0) is 21.4 Å². The highest BCUT2D eigenvalue weighted by molar-refractivity contribution is 7.88. The van der Waals surface area contributed by atoms with Crippen LogP contribution in [0.5, 0.6) is 0 Å². The van der Waals surface area contributed by atoms with Gasteiger partial charge < -0.3 is 10.2 Å². The van der Waals surface area contributed by atoms with E-state index in [1.54, 1.807) is 0 Å². The quantitative estimate of drug-likeness (QED) is 0.722. The zero-order valence-corrected chi connectivity index (χ0v) is 15.2. The minimum Gasteiger partial charge on any atom is -0.352 e.